The van der Waals surface area contributed by atoms with E-state index >= 15 is 0 Å². The van der Waals surface area contributed by atoms with Gasteiger partial charge in [-0.15, -0.1) is 12.4 Å². The Hall–Kier alpha value is -1.06. The van der Waals surface area contributed by atoms with Crippen molar-refractivity contribution in [1.29, 1.82) is 0 Å². The number of halogens is 1. The van der Waals surface area contributed by atoms with Gasteiger partial charge >= 0.3 is 0 Å². The van der Waals surface area contributed by atoms with Crippen molar-refractivity contribution in [3.8, 4) is 0 Å². The molecule has 4 heteroatoms. The van der Waals surface area contributed by atoms with Gasteiger partial charge in [0, 0.05) is 25.2 Å². The zero-order chi connectivity index (χ0) is 15.3. The molecule has 4 aliphatic carbocycles. The summed E-state index contributed by atoms with van der Waals surface area (Å²) < 4.78 is 0. The van der Waals surface area contributed by atoms with Gasteiger partial charge in [-0.25, -0.2) is 0 Å². The quantitative estimate of drug-likeness (QED) is 0.920. The molecule has 2 N–H and O–H groups in total. The Morgan fingerprint density at radius 3 is 2.04 bits per heavy atom. The Kier molecular flexibility index (Phi) is 4.70. The van der Waals surface area contributed by atoms with Crippen LogP contribution in [0, 0.1) is 23.7 Å². The summed E-state index contributed by atoms with van der Waals surface area (Å²) in [6.45, 7) is 0.528. The van der Waals surface area contributed by atoms with Gasteiger partial charge in [-0.3, -0.25) is 4.79 Å². The summed E-state index contributed by atoms with van der Waals surface area (Å²) >= 11 is 0. The van der Waals surface area contributed by atoms with Crippen LogP contribution in [0.2, 0.25) is 0 Å². The summed E-state index contributed by atoms with van der Waals surface area (Å²) in [6.07, 6.45) is 6.85. The fraction of sp³-hybridized carbons (Fsp3) is 0.632. The maximum absolute atomic E-state index is 12.9. The predicted molar refractivity (Wildman–Crippen MR) is 94.5 cm³/mol. The van der Waals surface area contributed by atoms with Crippen LogP contribution in [0.1, 0.15) is 48.0 Å². The number of carbonyl (C=O) groups excluding carboxylic acids is 1. The lowest BCUT2D eigenvalue weighted by Gasteiger charge is -2.56. The van der Waals surface area contributed by atoms with Crippen molar-refractivity contribution in [2.24, 2.45) is 29.4 Å². The van der Waals surface area contributed by atoms with Crippen LogP contribution in [0.4, 0.5) is 0 Å². The first-order chi connectivity index (χ1) is 10.7. The molecule has 0 atom stereocenters. The minimum atomic E-state index is 0. The number of carbonyl (C=O) groups is 1. The van der Waals surface area contributed by atoms with Crippen LogP contribution in [-0.4, -0.2) is 23.9 Å². The molecule has 1 amide bonds. The van der Waals surface area contributed by atoms with Crippen molar-refractivity contribution in [3.63, 3.8) is 0 Å². The average molecular weight is 335 g/mol. The molecule has 0 heterocycles. The van der Waals surface area contributed by atoms with E-state index in [9.17, 15) is 4.79 Å². The number of benzene rings is 1. The zero-order valence-electron chi connectivity index (χ0n) is 13.8. The van der Waals surface area contributed by atoms with Gasteiger partial charge in [0.05, 0.1) is 0 Å². The lowest BCUT2D eigenvalue weighted by atomic mass is 9.54. The Balaban J connectivity index is 0.00000156. The molecule has 0 aliphatic heterocycles. The summed E-state index contributed by atoms with van der Waals surface area (Å²) in [5, 5.41) is 0. The van der Waals surface area contributed by atoms with Crippen LogP contribution in [0.15, 0.2) is 24.3 Å². The Labute approximate surface area is 145 Å². The summed E-state index contributed by atoms with van der Waals surface area (Å²) in [7, 11) is 2.02. The number of nitrogens with two attached hydrogens (primary N) is 1. The summed E-state index contributed by atoms with van der Waals surface area (Å²) in [5.74, 6) is 3.57. The monoisotopic (exact) mass is 334 g/mol. The number of hydrogen-bond donors (Lipinski definition) is 1. The molecule has 1 aromatic rings. The molecule has 0 saturated heterocycles. The minimum absolute atomic E-state index is 0. The van der Waals surface area contributed by atoms with E-state index in [1.165, 1.54) is 32.1 Å². The first kappa shape index (κ1) is 16.8. The maximum Gasteiger partial charge on any atom is 0.253 e. The molecule has 4 bridgehead atoms. The van der Waals surface area contributed by atoms with Crippen molar-refractivity contribution in [2.75, 3.05) is 7.05 Å². The number of nitrogens with zero attached hydrogens (tertiary/aromatic N) is 1. The first-order valence-corrected chi connectivity index (χ1v) is 8.72. The SMILES string of the molecule is CN(C(=O)c1ccc(CN)cc1)C1C2CC3CC(C2)CC1C3.Cl. The van der Waals surface area contributed by atoms with Gasteiger partial charge in [-0.1, -0.05) is 12.1 Å². The third kappa shape index (κ3) is 2.89. The van der Waals surface area contributed by atoms with Crippen LogP contribution in [0.5, 0.6) is 0 Å². The maximum atomic E-state index is 12.9. The van der Waals surface area contributed by atoms with E-state index in [0.717, 1.165) is 34.8 Å². The molecule has 0 unspecified atom stereocenters. The van der Waals surface area contributed by atoms with Crippen molar-refractivity contribution < 1.29 is 4.79 Å². The molecule has 0 aromatic heterocycles. The van der Waals surface area contributed by atoms with Crippen LogP contribution < -0.4 is 5.73 Å². The number of hydrogen-bond acceptors (Lipinski definition) is 2. The van der Waals surface area contributed by atoms with E-state index in [-0.39, 0.29) is 18.3 Å². The molecule has 3 nitrogen and oxygen atoms in total. The van der Waals surface area contributed by atoms with Gasteiger partial charge in [0.1, 0.15) is 0 Å². The third-order valence-corrected chi connectivity index (χ3v) is 6.38. The first-order valence-electron chi connectivity index (χ1n) is 8.72. The van der Waals surface area contributed by atoms with Crippen molar-refractivity contribution in [2.45, 2.75) is 44.7 Å². The van der Waals surface area contributed by atoms with Crippen LogP contribution >= 0.6 is 12.4 Å². The van der Waals surface area contributed by atoms with Gasteiger partial charge < -0.3 is 10.6 Å². The largest absolute Gasteiger partial charge is 0.338 e. The summed E-state index contributed by atoms with van der Waals surface area (Å²) in [6, 6.07) is 8.26. The van der Waals surface area contributed by atoms with E-state index in [4.69, 9.17) is 5.73 Å². The molecule has 0 radical (unpaired) electrons. The molecular weight excluding hydrogens is 308 g/mol. The highest BCUT2D eigenvalue weighted by Crippen LogP contribution is 2.55. The van der Waals surface area contributed by atoms with Crippen molar-refractivity contribution in [3.05, 3.63) is 35.4 Å². The Bertz CT molecular complexity index is 543. The molecule has 4 fully saturated rings. The van der Waals surface area contributed by atoms with Gasteiger partial charge in [-0.05, 0) is 73.5 Å². The Morgan fingerprint density at radius 1 is 1.04 bits per heavy atom. The van der Waals surface area contributed by atoms with E-state index in [0.29, 0.717) is 12.6 Å². The molecule has 126 valence electrons. The third-order valence-electron chi connectivity index (χ3n) is 6.38. The van der Waals surface area contributed by atoms with Gasteiger partial charge in [0.2, 0.25) is 0 Å². The minimum Gasteiger partial charge on any atom is -0.338 e. The average Bonchev–Trinajstić information content (AvgIpc) is 2.53. The lowest BCUT2D eigenvalue weighted by molar-refractivity contribution is -0.0491. The predicted octanol–water partition coefficient (Wildman–Crippen LogP) is 3.46. The van der Waals surface area contributed by atoms with Crippen molar-refractivity contribution in [1.82, 2.24) is 4.90 Å². The van der Waals surface area contributed by atoms with E-state index in [2.05, 4.69) is 4.90 Å². The summed E-state index contributed by atoms with van der Waals surface area (Å²) in [4.78, 5) is 14.9. The second-order valence-corrected chi connectivity index (χ2v) is 7.74. The molecule has 23 heavy (non-hydrogen) atoms. The number of amides is 1. The van der Waals surface area contributed by atoms with E-state index < -0.39 is 0 Å². The fourth-order valence-electron chi connectivity index (χ4n) is 5.65. The fourth-order valence-corrected chi connectivity index (χ4v) is 5.65. The number of rotatable bonds is 3. The highest BCUT2D eigenvalue weighted by Gasteiger charge is 2.50. The normalized spacial score (nSPS) is 34.1. The van der Waals surface area contributed by atoms with E-state index in [1.54, 1.807) is 0 Å². The Morgan fingerprint density at radius 2 is 1.57 bits per heavy atom. The van der Waals surface area contributed by atoms with Crippen LogP contribution in [0.3, 0.4) is 0 Å². The highest BCUT2D eigenvalue weighted by atomic mass is 35.5. The van der Waals surface area contributed by atoms with Gasteiger partial charge in [0.15, 0.2) is 0 Å². The second kappa shape index (κ2) is 6.45. The van der Waals surface area contributed by atoms with Crippen molar-refractivity contribution >= 4 is 18.3 Å². The molecule has 1 aromatic carbocycles. The van der Waals surface area contributed by atoms with Crippen LogP contribution in [0.25, 0.3) is 0 Å². The second-order valence-electron chi connectivity index (χ2n) is 7.74. The molecule has 4 saturated carbocycles. The van der Waals surface area contributed by atoms with Gasteiger partial charge in [0.25, 0.3) is 5.91 Å². The standard InChI is InChI=1S/C19H26N2O.ClH/c1-21(19(22)15-4-2-12(11-20)3-5-15)18-16-7-13-6-14(9-16)10-17(18)8-13;/h2-5,13-14,16-18H,6-11,20H2,1H3;1H. The zero-order valence-corrected chi connectivity index (χ0v) is 14.6. The van der Waals surface area contributed by atoms with Gasteiger partial charge in [-0.2, -0.15) is 0 Å². The molecule has 5 rings (SSSR count). The molecule has 4 aliphatic rings. The van der Waals surface area contributed by atoms with E-state index in [1.807, 2.05) is 31.3 Å². The molecular formula is C19H27ClN2O. The topological polar surface area (TPSA) is 46.3 Å². The highest BCUT2D eigenvalue weighted by molar-refractivity contribution is 5.94. The lowest BCUT2D eigenvalue weighted by Crippen LogP contribution is -2.56. The van der Waals surface area contributed by atoms with Crippen LogP contribution in [-0.2, 0) is 6.54 Å². The smallest absolute Gasteiger partial charge is 0.253 e. The molecule has 0 spiro atoms. The summed E-state index contributed by atoms with van der Waals surface area (Å²) in [5.41, 5.74) is 7.51.